The Morgan fingerprint density at radius 2 is 1.71 bits per heavy atom. The molecule has 1 aliphatic heterocycles. The van der Waals surface area contributed by atoms with Crippen LogP contribution in [0.3, 0.4) is 0 Å². The van der Waals surface area contributed by atoms with E-state index in [1.165, 1.54) is 12.3 Å². The molecule has 2 aromatic heterocycles. The molecular weight excluding hydrogens is 573 g/mol. The van der Waals surface area contributed by atoms with E-state index in [0.29, 0.717) is 40.5 Å². The minimum Gasteiger partial charge on any atom is -0.451 e. The first-order valence-corrected chi connectivity index (χ1v) is 15.6. The van der Waals surface area contributed by atoms with Gasteiger partial charge in [-0.3, -0.25) is 14.4 Å². The minimum absolute atomic E-state index is 0.0514. The topological polar surface area (TPSA) is 99.3 Å². The highest BCUT2D eigenvalue weighted by atomic mass is 19.1. The van der Waals surface area contributed by atoms with Gasteiger partial charge in [0.15, 0.2) is 22.4 Å². The number of carbonyl (C=O) groups excluding carboxylic acids is 1. The predicted molar refractivity (Wildman–Crippen MR) is 178 cm³/mol. The fourth-order valence-electron chi connectivity index (χ4n) is 6.66. The van der Waals surface area contributed by atoms with E-state index >= 15 is 4.39 Å². The van der Waals surface area contributed by atoms with Crippen molar-refractivity contribution < 1.29 is 13.6 Å². The maximum absolute atomic E-state index is 15.9. The van der Waals surface area contributed by atoms with E-state index in [9.17, 15) is 14.4 Å². The number of aromatic nitrogens is 1. The molecule has 0 radical (unpaired) electrons. The maximum atomic E-state index is 15.9. The lowest BCUT2D eigenvalue weighted by atomic mass is 10.1. The molecule has 45 heavy (non-hydrogen) atoms. The SMILES string of the molecule is CN(C)CCCCNC(=O)c1cn2c3cc4c(cc3oc3c(NCCN5CCCC5)c(F)cc(c1=O)c32)c(=O)c1ccccc14. The number of pyridine rings is 1. The lowest BCUT2D eigenvalue weighted by molar-refractivity contribution is 0.0951. The Morgan fingerprint density at radius 3 is 2.49 bits per heavy atom. The lowest BCUT2D eigenvalue weighted by Gasteiger charge is -2.18. The van der Waals surface area contributed by atoms with Crippen molar-refractivity contribution in [3.8, 4) is 0 Å². The highest BCUT2D eigenvalue weighted by Gasteiger charge is 2.24. The molecule has 0 aliphatic carbocycles. The standard InChI is InChI=1S/C35H36FN5O4/c1-39(2)13-6-5-11-38-35(44)26-20-41-28-18-23-21-9-3-4-10-22(21)32(42)24(23)19-29(28)45-34-30(37-12-16-40-14-7-8-15-40)27(36)17-25(31(34)41)33(26)43/h3-4,9-10,17-20,37H,5-8,11-16H2,1-2H3,(H,38,44). The fraction of sp³-hybridized carbons (Fsp3) is 0.343. The largest absolute Gasteiger partial charge is 0.451 e. The van der Waals surface area contributed by atoms with Gasteiger partial charge in [-0.25, -0.2) is 4.39 Å². The molecule has 4 aromatic carbocycles. The monoisotopic (exact) mass is 609 g/mol. The molecule has 9 nitrogen and oxygen atoms in total. The molecular formula is C35H36FN5O4. The maximum Gasteiger partial charge on any atom is 0.256 e. The average molecular weight is 610 g/mol. The lowest BCUT2D eigenvalue weighted by Crippen LogP contribution is -2.30. The third-order valence-electron chi connectivity index (χ3n) is 8.96. The van der Waals surface area contributed by atoms with Crippen LogP contribution in [0.5, 0.6) is 0 Å². The van der Waals surface area contributed by atoms with Crippen LogP contribution in [0.1, 0.15) is 36.0 Å². The number of unbranched alkanes of at least 4 members (excludes halogenated alkanes) is 1. The smallest absolute Gasteiger partial charge is 0.256 e. The predicted octanol–water partition coefficient (Wildman–Crippen LogP) is 5.02. The Kier molecular flexibility index (Phi) is 7.63. The van der Waals surface area contributed by atoms with E-state index in [1.54, 1.807) is 16.5 Å². The number of likely N-dealkylation sites (tertiary alicyclic amines) is 1. The highest BCUT2D eigenvalue weighted by molar-refractivity contribution is 6.15. The molecule has 0 atom stereocenters. The van der Waals surface area contributed by atoms with Gasteiger partial charge in [0.25, 0.3) is 5.91 Å². The summed E-state index contributed by atoms with van der Waals surface area (Å²) in [5, 5.41) is 8.78. The number of carbonyl (C=O) groups is 1. The molecule has 10 heteroatoms. The second-order valence-electron chi connectivity index (χ2n) is 12.3. The van der Waals surface area contributed by atoms with Crippen LogP contribution >= 0.6 is 0 Å². The van der Waals surface area contributed by atoms with Crippen LogP contribution in [0.2, 0.25) is 0 Å². The molecule has 1 amide bonds. The number of hydrogen-bond donors (Lipinski definition) is 2. The zero-order chi connectivity index (χ0) is 31.2. The molecule has 7 rings (SSSR count). The normalized spacial score (nSPS) is 14.2. The first kappa shape index (κ1) is 29.2. The van der Waals surface area contributed by atoms with Crippen LogP contribution in [0, 0.1) is 5.82 Å². The quantitative estimate of drug-likeness (QED) is 0.128. The van der Waals surface area contributed by atoms with Crippen molar-refractivity contribution >= 4 is 60.7 Å². The molecule has 0 unspecified atom stereocenters. The minimum atomic E-state index is -0.642. The third kappa shape index (κ3) is 5.17. The Labute approximate surface area is 258 Å². The van der Waals surface area contributed by atoms with E-state index in [4.69, 9.17) is 4.42 Å². The Hall–Kier alpha value is -4.54. The summed E-state index contributed by atoms with van der Waals surface area (Å²) in [6.07, 6.45) is 5.48. The molecule has 232 valence electrons. The summed E-state index contributed by atoms with van der Waals surface area (Å²) >= 11 is 0. The van der Waals surface area contributed by atoms with E-state index < -0.39 is 17.2 Å². The number of rotatable bonds is 10. The van der Waals surface area contributed by atoms with Crippen LogP contribution in [0.15, 0.2) is 62.7 Å². The number of amides is 1. The van der Waals surface area contributed by atoms with Gasteiger partial charge in [0, 0.05) is 36.6 Å². The molecule has 1 fully saturated rings. The molecule has 0 bridgehead atoms. The first-order chi connectivity index (χ1) is 21.8. The van der Waals surface area contributed by atoms with E-state index in [1.807, 2.05) is 38.4 Å². The van der Waals surface area contributed by atoms with Gasteiger partial charge in [-0.2, -0.15) is 0 Å². The van der Waals surface area contributed by atoms with Crippen LogP contribution in [-0.2, 0) is 0 Å². The zero-order valence-electron chi connectivity index (χ0n) is 25.5. The summed E-state index contributed by atoms with van der Waals surface area (Å²) in [6.45, 7) is 4.56. The van der Waals surface area contributed by atoms with Gasteiger partial charge in [-0.05, 0) is 88.4 Å². The number of anilines is 1. The zero-order valence-corrected chi connectivity index (χ0v) is 25.5. The third-order valence-corrected chi connectivity index (χ3v) is 8.96. The van der Waals surface area contributed by atoms with E-state index in [-0.39, 0.29) is 27.6 Å². The van der Waals surface area contributed by atoms with Gasteiger partial charge in [-0.15, -0.1) is 0 Å². The van der Waals surface area contributed by atoms with Crippen LogP contribution in [-0.4, -0.2) is 73.5 Å². The van der Waals surface area contributed by atoms with Crippen LogP contribution in [0.4, 0.5) is 10.1 Å². The second kappa shape index (κ2) is 11.8. The Balaban J connectivity index is 1.41. The molecule has 0 spiro atoms. The number of halogens is 1. The molecule has 0 saturated carbocycles. The van der Waals surface area contributed by atoms with Gasteiger partial charge < -0.3 is 29.3 Å². The van der Waals surface area contributed by atoms with Gasteiger partial charge in [0.1, 0.15) is 16.8 Å². The van der Waals surface area contributed by atoms with Gasteiger partial charge in [-0.1, -0.05) is 24.3 Å². The van der Waals surface area contributed by atoms with Gasteiger partial charge >= 0.3 is 0 Å². The summed E-state index contributed by atoms with van der Waals surface area (Å²) in [7, 11) is 3.99. The summed E-state index contributed by atoms with van der Waals surface area (Å²) in [5.74, 6) is -1.16. The van der Waals surface area contributed by atoms with Gasteiger partial charge in [0.2, 0.25) is 5.43 Å². The van der Waals surface area contributed by atoms with E-state index in [2.05, 4.69) is 20.4 Å². The highest BCUT2D eigenvalue weighted by Crippen LogP contribution is 2.36. The van der Waals surface area contributed by atoms with Gasteiger partial charge in [0.05, 0.1) is 10.9 Å². The summed E-state index contributed by atoms with van der Waals surface area (Å²) < 4.78 is 24.0. The molecule has 1 aliphatic rings. The van der Waals surface area contributed by atoms with Crippen molar-refractivity contribution in [2.45, 2.75) is 25.7 Å². The molecule has 2 N–H and O–H groups in total. The second-order valence-corrected chi connectivity index (χ2v) is 12.3. The number of nitrogens with one attached hydrogen (secondary N) is 2. The van der Waals surface area contributed by atoms with Crippen molar-refractivity contribution in [2.24, 2.45) is 0 Å². The van der Waals surface area contributed by atoms with Crippen molar-refractivity contribution in [2.75, 3.05) is 58.7 Å². The van der Waals surface area contributed by atoms with Crippen molar-refractivity contribution in [1.82, 2.24) is 19.5 Å². The summed E-state index contributed by atoms with van der Waals surface area (Å²) in [6, 6.07) is 12.1. The number of hydrogen-bond acceptors (Lipinski definition) is 7. The summed E-state index contributed by atoms with van der Waals surface area (Å²) in [4.78, 5) is 44.9. The number of nitrogens with zero attached hydrogens (tertiary/aromatic N) is 3. The van der Waals surface area contributed by atoms with Crippen LogP contribution < -0.4 is 21.5 Å². The number of benzene rings is 3. The van der Waals surface area contributed by atoms with Crippen LogP contribution in [0.25, 0.3) is 49.1 Å². The molecule has 1 saturated heterocycles. The first-order valence-electron chi connectivity index (χ1n) is 15.6. The molecule has 3 heterocycles. The van der Waals surface area contributed by atoms with E-state index in [0.717, 1.165) is 62.6 Å². The average Bonchev–Trinajstić information content (AvgIpc) is 3.64. The van der Waals surface area contributed by atoms with Crippen molar-refractivity contribution in [3.05, 3.63) is 80.5 Å². The summed E-state index contributed by atoms with van der Waals surface area (Å²) in [5.41, 5.74) is 0.826. The molecule has 6 aromatic rings. The van der Waals surface area contributed by atoms with Crippen molar-refractivity contribution in [1.29, 1.82) is 0 Å². The Bertz CT molecular complexity index is 2200. The number of fused-ring (bicyclic) bond motifs is 5. The Morgan fingerprint density at radius 1 is 0.933 bits per heavy atom. The fourth-order valence-corrected chi connectivity index (χ4v) is 6.66. The van der Waals surface area contributed by atoms with Crippen molar-refractivity contribution in [3.63, 3.8) is 0 Å².